The number of aliphatic hydroxyl groups is 1. The number of hydrogen-bond donors (Lipinski definition) is 3. The van der Waals surface area contributed by atoms with Gasteiger partial charge in [0, 0.05) is 39.4 Å². The molecule has 0 radical (unpaired) electrons. The quantitative estimate of drug-likeness (QED) is 0.612. The average molecular weight is 342 g/mol. The smallest absolute Gasteiger partial charge is 0.414 e. The van der Waals surface area contributed by atoms with Crippen molar-refractivity contribution in [2.45, 2.75) is 12.5 Å². The van der Waals surface area contributed by atoms with Crippen LogP contribution in [0.3, 0.4) is 0 Å². The average Bonchev–Trinajstić information content (AvgIpc) is 2.52. The SMILES string of the molecule is COCOc1cc(OC(=O)N(C)C)ccc1C(O)CCNC(=O)O. The number of amides is 2. The summed E-state index contributed by atoms with van der Waals surface area (Å²) in [4.78, 5) is 23.3. The second-order valence-electron chi connectivity index (χ2n) is 5.05. The highest BCUT2D eigenvalue weighted by Gasteiger charge is 2.16. The highest BCUT2D eigenvalue weighted by atomic mass is 16.7. The maximum Gasteiger partial charge on any atom is 0.414 e. The molecule has 134 valence electrons. The van der Waals surface area contributed by atoms with Gasteiger partial charge in [-0.3, -0.25) is 0 Å². The Labute approximate surface area is 139 Å². The lowest BCUT2D eigenvalue weighted by Crippen LogP contribution is -2.25. The molecule has 9 heteroatoms. The molecule has 0 heterocycles. The van der Waals surface area contributed by atoms with Crippen LogP contribution in [0, 0.1) is 0 Å². The van der Waals surface area contributed by atoms with Crippen LogP contribution in [0.15, 0.2) is 18.2 Å². The molecule has 0 aromatic heterocycles. The first-order valence-electron chi connectivity index (χ1n) is 7.14. The minimum Gasteiger partial charge on any atom is -0.467 e. The lowest BCUT2D eigenvalue weighted by atomic mass is 10.1. The van der Waals surface area contributed by atoms with Crippen LogP contribution in [0.4, 0.5) is 9.59 Å². The lowest BCUT2D eigenvalue weighted by molar-refractivity contribution is 0.0476. The molecule has 9 nitrogen and oxygen atoms in total. The number of nitrogens with zero attached hydrogens (tertiary/aromatic N) is 1. The Morgan fingerprint density at radius 2 is 2.04 bits per heavy atom. The predicted molar refractivity (Wildman–Crippen MR) is 84.3 cm³/mol. The molecule has 0 aliphatic rings. The van der Waals surface area contributed by atoms with Crippen molar-refractivity contribution in [2.75, 3.05) is 34.5 Å². The fourth-order valence-corrected chi connectivity index (χ4v) is 1.76. The molecule has 0 aliphatic heterocycles. The van der Waals surface area contributed by atoms with Gasteiger partial charge in [-0.1, -0.05) is 0 Å². The van der Waals surface area contributed by atoms with Gasteiger partial charge in [-0.2, -0.15) is 0 Å². The van der Waals surface area contributed by atoms with Gasteiger partial charge in [-0.05, 0) is 18.6 Å². The van der Waals surface area contributed by atoms with E-state index in [1.165, 1.54) is 24.1 Å². The maximum absolute atomic E-state index is 11.6. The third-order valence-corrected chi connectivity index (χ3v) is 2.94. The fourth-order valence-electron chi connectivity index (χ4n) is 1.76. The Bertz CT molecular complexity index is 563. The van der Waals surface area contributed by atoms with Crippen LogP contribution < -0.4 is 14.8 Å². The standard InChI is InChI=1S/C15H22N2O7/c1-17(2)15(21)24-10-4-5-11(13(8-10)23-9-22-3)12(18)6-7-16-14(19)20/h4-5,8,12,16,18H,6-7,9H2,1-3H3,(H,19,20). The summed E-state index contributed by atoms with van der Waals surface area (Å²) in [6.45, 7) is 0.0236. The summed E-state index contributed by atoms with van der Waals surface area (Å²) in [7, 11) is 4.55. The topological polar surface area (TPSA) is 118 Å². The van der Waals surface area contributed by atoms with Crippen LogP contribution in [-0.4, -0.2) is 61.8 Å². The van der Waals surface area contributed by atoms with Crippen LogP contribution in [0.2, 0.25) is 0 Å². The summed E-state index contributed by atoms with van der Waals surface area (Å²) in [6.07, 6.45) is -2.51. The molecule has 1 unspecified atom stereocenters. The van der Waals surface area contributed by atoms with Gasteiger partial charge in [0.15, 0.2) is 6.79 Å². The number of carboxylic acid groups (broad SMARTS) is 1. The van der Waals surface area contributed by atoms with Gasteiger partial charge in [0.25, 0.3) is 0 Å². The van der Waals surface area contributed by atoms with Gasteiger partial charge in [0.1, 0.15) is 11.5 Å². The number of hydrogen-bond acceptors (Lipinski definition) is 6. The number of carbonyl (C=O) groups excluding carboxylic acids is 1. The van der Waals surface area contributed by atoms with E-state index in [9.17, 15) is 14.7 Å². The number of benzene rings is 1. The normalized spacial score (nSPS) is 11.5. The summed E-state index contributed by atoms with van der Waals surface area (Å²) in [6, 6.07) is 4.53. The van der Waals surface area contributed by atoms with E-state index in [1.54, 1.807) is 20.2 Å². The first-order valence-corrected chi connectivity index (χ1v) is 7.14. The molecule has 1 aromatic carbocycles. The first kappa shape index (κ1) is 19.5. The number of aliphatic hydroxyl groups excluding tert-OH is 1. The lowest BCUT2D eigenvalue weighted by Gasteiger charge is -2.17. The summed E-state index contributed by atoms with van der Waals surface area (Å²) in [5.41, 5.74) is 0.434. The Morgan fingerprint density at radius 3 is 2.62 bits per heavy atom. The van der Waals surface area contributed by atoms with E-state index in [0.717, 1.165) is 0 Å². The highest BCUT2D eigenvalue weighted by molar-refractivity contribution is 5.70. The third-order valence-electron chi connectivity index (χ3n) is 2.94. The predicted octanol–water partition coefficient (Wildman–Crippen LogP) is 1.42. The third kappa shape index (κ3) is 6.31. The van der Waals surface area contributed by atoms with Crippen LogP contribution in [0.1, 0.15) is 18.1 Å². The second kappa shape index (κ2) is 9.58. The van der Waals surface area contributed by atoms with E-state index >= 15 is 0 Å². The van der Waals surface area contributed by atoms with Gasteiger partial charge in [0.2, 0.25) is 0 Å². The van der Waals surface area contributed by atoms with Crippen molar-refractivity contribution in [1.29, 1.82) is 0 Å². The number of rotatable bonds is 8. The minimum absolute atomic E-state index is 0.0574. The van der Waals surface area contributed by atoms with Crippen LogP contribution in [0.25, 0.3) is 0 Å². The van der Waals surface area contributed by atoms with Crippen molar-refractivity contribution in [3.8, 4) is 11.5 Å². The van der Waals surface area contributed by atoms with Gasteiger partial charge in [0.05, 0.1) is 6.10 Å². The van der Waals surface area contributed by atoms with E-state index in [1.807, 2.05) is 0 Å². The molecular formula is C15H22N2O7. The maximum atomic E-state index is 11.6. The van der Waals surface area contributed by atoms with Crippen molar-refractivity contribution in [3.63, 3.8) is 0 Å². The molecule has 1 atom stereocenters. The number of ether oxygens (including phenoxy) is 3. The number of carbonyl (C=O) groups is 2. The second-order valence-corrected chi connectivity index (χ2v) is 5.05. The van der Waals surface area contributed by atoms with E-state index in [0.29, 0.717) is 5.56 Å². The largest absolute Gasteiger partial charge is 0.467 e. The number of nitrogens with one attached hydrogen (secondary N) is 1. The van der Waals surface area contributed by atoms with E-state index in [2.05, 4.69) is 5.32 Å². The zero-order valence-electron chi connectivity index (χ0n) is 13.8. The zero-order chi connectivity index (χ0) is 18.1. The molecule has 0 spiro atoms. The monoisotopic (exact) mass is 342 g/mol. The minimum atomic E-state index is -1.16. The van der Waals surface area contributed by atoms with Crippen molar-refractivity contribution < 1.29 is 34.0 Å². The summed E-state index contributed by atoms with van der Waals surface area (Å²) in [5.74, 6) is 0.531. The Kier molecular flexibility index (Phi) is 7.80. The summed E-state index contributed by atoms with van der Waals surface area (Å²) >= 11 is 0. The van der Waals surface area contributed by atoms with Crippen molar-refractivity contribution >= 4 is 12.2 Å². The molecule has 1 aromatic rings. The molecule has 0 fully saturated rings. The van der Waals surface area contributed by atoms with Crippen molar-refractivity contribution in [2.24, 2.45) is 0 Å². The van der Waals surface area contributed by atoms with Gasteiger partial charge in [-0.25, -0.2) is 9.59 Å². The van der Waals surface area contributed by atoms with Gasteiger partial charge < -0.3 is 34.6 Å². The van der Waals surface area contributed by atoms with Gasteiger partial charge in [-0.15, -0.1) is 0 Å². The number of methoxy groups -OCH3 is 1. The van der Waals surface area contributed by atoms with Gasteiger partial charge >= 0.3 is 12.2 Å². The molecule has 0 aliphatic carbocycles. The molecule has 0 saturated carbocycles. The fraction of sp³-hybridized carbons (Fsp3) is 0.467. The molecule has 24 heavy (non-hydrogen) atoms. The molecule has 1 rings (SSSR count). The first-order chi connectivity index (χ1) is 11.3. The Hall–Kier alpha value is -2.52. The molecule has 0 bridgehead atoms. The summed E-state index contributed by atoms with van der Waals surface area (Å²) < 4.78 is 15.4. The van der Waals surface area contributed by atoms with E-state index in [4.69, 9.17) is 19.3 Å². The van der Waals surface area contributed by atoms with Crippen molar-refractivity contribution in [3.05, 3.63) is 23.8 Å². The molecular weight excluding hydrogens is 320 g/mol. The van der Waals surface area contributed by atoms with E-state index in [-0.39, 0.29) is 31.3 Å². The highest BCUT2D eigenvalue weighted by Crippen LogP contribution is 2.31. The summed E-state index contributed by atoms with van der Waals surface area (Å²) in [5, 5.41) is 20.9. The Balaban J connectivity index is 2.89. The molecule has 0 saturated heterocycles. The van der Waals surface area contributed by atoms with Crippen LogP contribution >= 0.6 is 0 Å². The molecule has 3 N–H and O–H groups in total. The van der Waals surface area contributed by atoms with E-state index < -0.39 is 18.3 Å². The van der Waals surface area contributed by atoms with Crippen molar-refractivity contribution in [1.82, 2.24) is 10.2 Å². The van der Waals surface area contributed by atoms with Crippen LogP contribution in [0.5, 0.6) is 11.5 Å². The molecule has 2 amide bonds. The van der Waals surface area contributed by atoms with Crippen LogP contribution in [-0.2, 0) is 4.74 Å². The Morgan fingerprint density at radius 1 is 1.33 bits per heavy atom. The zero-order valence-corrected chi connectivity index (χ0v) is 13.8.